The van der Waals surface area contributed by atoms with Crippen molar-refractivity contribution in [1.29, 1.82) is 0 Å². The first-order chi connectivity index (χ1) is 10.1. The fourth-order valence-electron chi connectivity index (χ4n) is 2.65. The summed E-state index contributed by atoms with van der Waals surface area (Å²) in [6.45, 7) is 17.0. The third kappa shape index (κ3) is 6.47. The van der Waals surface area contributed by atoms with Crippen molar-refractivity contribution < 1.29 is 0 Å². The molecule has 0 saturated carbocycles. The summed E-state index contributed by atoms with van der Waals surface area (Å²) < 4.78 is 0. The molecule has 0 aliphatic rings. The van der Waals surface area contributed by atoms with E-state index in [0.29, 0.717) is 0 Å². The molecular weight excluding hydrogens is 278 g/mol. The van der Waals surface area contributed by atoms with Gasteiger partial charge in [0.05, 0.1) is 0 Å². The van der Waals surface area contributed by atoms with Crippen LogP contribution in [0.1, 0.15) is 42.5 Å². The zero-order chi connectivity index (χ0) is 15.7. The van der Waals surface area contributed by atoms with Crippen LogP contribution in [0.25, 0.3) is 0 Å². The van der Waals surface area contributed by atoms with Crippen LogP contribution in [-0.4, -0.2) is 49.6 Å². The molecule has 0 saturated heterocycles. The van der Waals surface area contributed by atoms with Gasteiger partial charge in [0.15, 0.2) is 0 Å². The average Bonchev–Trinajstić information content (AvgIpc) is 2.82. The average molecular weight is 312 g/mol. The van der Waals surface area contributed by atoms with Crippen LogP contribution in [0, 0.1) is 6.92 Å². The summed E-state index contributed by atoms with van der Waals surface area (Å²) in [6, 6.07) is 2.38. The molecule has 0 spiro atoms. The summed E-state index contributed by atoms with van der Waals surface area (Å²) in [5, 5.41) is 3.24. The van der Waals surface area contributed by atoms with Gasteiger partial charge in [0.1, 0.15) is 0 Å². The standard InChI is InChI=1S/C17H33N3S/c1-6-19(7-2)10-9-11-20(8-3)14-16-12-17(13-18-5)21-15(16)4/h12,18H,6-11,13-14H2,1-5H3. The zero-order valence-electron chi connectivity index (χ0n) is 14.5. The Kier molecular flexibility index (Phi) is 9.16. The molecule has 21 heavy (non-hydrogen) atoms. The van der Waals surface area contributed by atoms with Gasteiger partial charge in [0, 0.05) is 22.8 Å². The lowest BCUT2D eigenvalue weighted by atomic mass is 10.2. The lowest BCUT2D eigenvalue weighted by molar-refractivity contribution is 0.238. The summed E-state index contributed by atoms with van der Waals surface area (Å²) in [5.74, 6) is 0. The molecule has 0 aromatic carbocycles. The highest BCUT2D eigenvalue weighted by Gasteiger charge is 2.10. The van der Waals surface area contributed by atoms with Crippen molar-refractivity contribution in [3.63, 3.8) is 0 Å². The van der Waals surface area contributed by atoms with Gasteiger partial charge in [-0.05, 0) is 64.7 Å². The molecule has 122 valence electrons. The Labute approximate surface area is 135 Å². The van der Waals surface area contributed by atoms with Gasteiger partial charge in [-0.3, -0.25) is 4.90 Å². The third-order valence-corrected chi connectivity index (χ3v) is 5.20. The molecule has 0 radical (unpaired) electrons. The van der Waals surface area contributed by atoms with Crippen LogP contribution in [0.3, 0.4) is 0 Å². The molecule has 0 unspecified atom stereocenters. The molecule has 1 N–H and O–H groups in total. The van der Waals surface area contributed by atoms with Gasteiger partial charge >= 0.3 is 0 Å². The van der Waals surface area contributed by atoms with E-state index in [-0.39, 0.29) is 0 Å². The molecule has 1 aromatic heterocycles. The van der Waals surface area contributed by atoms with E-state index >= 15 is 0 Å². The van der Waals surface area contributed by atoms with Crippen LogP contribution in [0.5, 0.6) is 0 Å². The van der Waals surface area contributed by atoms with Crippen molar-refractivity contribution in [1.82, 2.24) is 15.1 Å². The van der Waals surface area contributed by atoms with E-state index in [1.165, 1.54) is 47.9 Å². The van der Waals surface area contributed by atoms with E-state index in [0.717, 1.165) is 19.6 Å². The highest BCUT2D eigenvalue weighted by Crippen LogP contribution is 2.23. The van der Waals surface area contributed by atoms with Crippen LogP contribution in [0.15, 0.2) is 6.07 Å². The first kappa shape index (κ1) is 18.6. The topological polar surface area (TPSA) is 18.5 Å². The van der Waals surface area contributed by atoms with E-state index in [4.69, 9.17) is 0 Å². The van der Waals surface area contributed by atoms with Gasteiger partial charge < -0.3 is 10.2 Å². The fourth-order valence-corrected chi connectivity index (χ4v) is 3.72. The highest BCUT2D eigenvalue weighted by molar-refractivity contribution is 7.12. The van der Waals surface area contributed by atoms with Crippen LogP contribution >= 0.6 is 11.3 Å². The van der Waals surface area contributed by atoms with Crippen LogP contribution in [0.4, 0.5) is 0 Å². The maximum atomic E-state index is 3.24. The molecule has 0 bridgehead atoms. The van der Waals surface area contributed by atoms with Gasteiger partial charge in [-0.1, -0.05) is 20.8 Å². The maximum absolute atomic E-state index is 3.24. The highest BCUT2D eigenvalue weighted by atomic mass is 32.1. The minimum Gasteiger partial charge on any atom is -0.315 e. The molecule has 1 heterocycles. The van der Waals surface area contributed by atoms with Gasteiger partial charge in [-0.25, -0.2) is 0 Å². The van der Waals surface area contributed by atoms with Crippen molar-refractivity contribution in [3.05, 3.63) is 21.4 Å². The SMILES string of the molecule is CCN(CC)CCCN(CC)Cc1cc(CNC)sc1C. The molecule has 1 rings (SSSR count). The molecular formula is C17H33N3S. The largest absolute Gasteiger partial charge is 0.315 e. The van der Waals surface area contributed by atoms with Gasteiger partial charge in [-0.15, -0.1) is 11.3 Å². The molecule has 0 aliphatic heterocycles. The smallest absolute Gasteiger partial charge is 0.0296 e. The molecule has 0 atom stereocenters. The van der Waals surface area contributed by atoms with Crippen LogP contribution < -0.4 is 5.32 Å². The number of rotatable bonds is 11. The van der Waals surface area contributed by atoms with E-state index in [2.05, 4.69) is 48.9 Å². The maximum Gasteiger partial charge on any atom is 0.0296 e. The first-order valence-corrected chi connectivity index (χ1v) is 9.13. The van der Waals surface area contributed by atoms with E-state index in [9.17, 15) is 0 Å². The quantitative estimate of drug-likeness (QED) is 0.676. The molecule has 0 aliphatic carbocycles. The summed E-state index contributed by atoms with van der Waals surface area (Å²) in [6.07, 6.45) is 1.27. The van der Waals surface area contributed by atoms with E-state index in [1.54, 1.807) is 0 Å². The van der Waals surface area contributed by atoms with Crippen LogP contribution in [0.2, 0.25) is 0 Å². The fraction of sp³-hybridized carbons (Fsp3) is 0.765. The lowest BCUT2D eigenvalue weighted by Crippen LogP contribution is -2.29. The summed E-state index contributed by atoms with van der Waals surface area (Å²) in [4.78, 5) is 8.00. The second kappa shape index (κ2) is 10.3. The third-order valence-electron chi connectivity index (χ3n) is 4.11. The normalized spacial score (nSPS) is 11.8. The van der Waals surface area contributed by atoms with Crippen molar-refractivity contribution in [2.45, 2.75) is 47.2 Å². The number of nitrogens with one attached hydrogen (secondary N) is 1. The number of nitrogens with zero attached hydrogens (tertiary/aromatic N) is 2. The molecule has 3 nitrogen and oxygen atoms in total. The summed E-state index contributed by atoms with van der Waals surface area (Å²) >= 11 is 1.93. The Morgan fingerprint density at radius 1 is 1.05 bits per heavy atom. The molecule has 1 aromatic rings. The minimum atomic E-state index is 0.986. The van der Waals surface area contributed by atoms with Crippen molar-refractivity contribution in [2.75, 3.05) is 39.8 Å². The zero-order valence-corrected chi connectivity index (χ0v) is 15.4. The van der Waals surface area contributed by atoms with Gasteiger partial charge in [0.2, 0.25) is 0 Å². The van der Waals surface area contributed by atoms with E-state index in [1.807, 2.05) is 18.4 Å². The summed E-state index contributed by atoms with van der Waals surface area (Å²) in [7, 11) is 2.01. The Balaban J connectivity index is 2.46. The Bertz CT molecular complexity index is 385. The predicted molar refractivity (Wildman–Crippen MR) is 95.2 cm³/mol. The number of hydrogen-bond donors (Lipinski definition) is 1. The minimum absolute atomic E-state index is 0.986. The Morgan fingerprint density at radius 3 is 2.24 bits per heavy atom. The Hall–Kier alpha value is -0.420. The number of aryl methyl sites for hydroxylation is 1. The van der Waals surface area contributed by atoms with Crippen LogP contribution in [-0.2, 0) is 13.1 Å². The van der Waals surface area contributed by atoms with Crippen molar-refractivity contribution >= 4 is 11.3 Å². The molecule has 0 amide bonds. The second-order valence-electron chi connectivity index (χ2n) is 5.57. The monoisotopic (exact) mass is 311 g/mol. The predicted octanol–water partition coefficient (Wildman–Crippen LogP) is 3.33. The summed E-state index contributed by atoms with van der Waals surface area (Å²) in [5.41, 5.74) is 1.51. The molecule has 4 heteroatoms. The van der Waals surface area contributed by atoms with E-state index < -0.39 is 0 Å². The second-order valence-corrected chi connectivity index (χ2v) is 6.91. The first-order valence-electron chi connectivity index (χ1n) is 8.31. The lowest BCUT2D eigenvalue weighted by Gasteiger charge is -2.23. The number of thiophene rings is 1. The number of hydrogen-bond acceptors (Lipinski definition) is 4. The molecule has 0 fully saturated rings. The van der Waals surface area contributed by atoms with Crippen molar-refractivity contribution in [2.24, 2.45) is 0 Å². The van der Waals surface area contributed by atoms with Crippen molar-refractivity contribution in [3.8, 4) is 0 Å². The van der Waals surface area contributed by atoms with Gasteiger partial charge in [-0.2, -0.15) is 0 Å². The Morgan fingerprint density at radius 2 is 1.67 bits per heavy atom. The van der Waals surface area contributed by atoms with Gasteiger partial charge in [0.25, 0.3) is 0 Å².